The molecule has 0 fully saturated rings. The van der Waals surface area contributed by atoms with E-state index in [1.54, 1.807) is 18.5 Å². The summed E-state index contributed by atoms with van der Waals surface area (Å²) in [7, 11) is 0. The minimum Gasteiger partial charge on any atom is -0.297 e. The number of isocyanates is 1. The maximum absolute atomic E-state index is 10.4. The highest BCUT2D eigenvalue weighted by Gasteiger charge is 2.07. The lowest BCUT2D eigenvalue weighted by Gasteiger charge is -2.06. The van der Waals surface area contributed by atoms with E-state index in [-0.39, 0.29) is 0 Å². The van der Waals surface area contributed by atoms with Crippen molar-refractivity contribution in [2.45, 2.75) is 0 Å². The van der Waals surface area contributed by atoms with Gasteiger partial charge in [-0.3, -0.25) is 4.57 Å². The summed E-state index contributed by atoms with van der Waals surface area (Å²) in [6.07, 6.45) is 3.30. The summed E-state index contributed by atoms with van der Waals surface area (Å²) in [5, 5.41) is 0. The molecule has 0 aliphatic rings. The van der Waals surface area contributed by atoms with Gasteiger partial charge in [0, 0.05) is 0 Å². The third-order valence-electron chi connectivity index (χ3n) is 2.76. The summed E-state index contributed by atoms with van der Waals surface area (Å²) in [5.41, 5.74) is 3.28. The Kier molecular flexibility index (Phi) is 2.48. The van der Waals surface area contributed by atoms with Crippen molar-refractivity contribution < 1.29 is 4.79 Å². The second-order valence-electron chi connectivity index (χ2n) is 3.80. The van der Waals surface area contributed by atoms with Gasteiger partial charge in [0.25, 0.3) is 0 Å². The van der Waals surface area contributed by atoms with E-state index in [4.69, 9.17) is 0 Å². The second kappa shape index (κ2) is 4.28. The molecule has 1 aromatic heterocycles. The van der Waals surface area contributed by atoms with Crippen molar-refractivity contribution in [1.82, 2.24) is 9.55 Å². The minimum absolute atomic E-state index is 0.579. The number of aliphatic imine (C=N–C) groups is 1. The molecule has 0 aliphatic carbocycles. The first-order valence-electron chi connectivity index (χ1n) is 5.49. The number of imidazole rings is 1. The average molecular weight is 235 g/mol. The number of aromatic nitrogens is 2. The molecule has 4 heteroatoms. The monoisotopic (exact) mass is 235 g/mol. The number of benzene rings is 2. The van der Waals surface area contributed by atoms with E-state index >= 15 is 0 Å². The van der Waals surface area contributed by atoms with Crippen molar-refractivity contribution in [3.05, 3.63) is 54.9 Å². The Bertz CT molecular complexity index is 754. The highest BCUT2D eigenvalue weighted by molar-refractivity contribution is 5.79. The highest BCUT2D eigenvalue weighted by Crippen LogP contribution is 2.25. The van der Waals surface area contributed by atoms with E-state index in [2.05, 4.69) is 9.98 Å². The van der Waals surface area contributed by atoms with Crippen molar-refractivity contribution in [3.63, 3.8) is 0 Å². The SMILES string of the molecule is O=C=Nc1ccccc1-n1cnc2ccccc21. The minimum atomic E-state index is 0.579. The van der Waals surface area contributed by atoms with E-state index in [9.17, 15) is 4.79 Å². The molecule has 0 unspecified atom stereocenters. The van der Waals surface area contributed by atoms with Gasteiger partial charge in [-0.25, -0.2) is 9.78 Å². The van der Waals surface area contributed by atoms with Crippen LogP contribution in [0.15, 0.2) is 59.9 Å². The van der Waals surface area contributed by atoms with Gasteiger partial charge in [-0.05, 0) is 24.3 Å². The Hall–Kier alpha value is -2.71. The maximum atomic E-state index is 10.4. The third-order valence-corrected chi connectivity index (χ3v) is 2.76. The van der Waals surface area contributed by atoms with Crippen LogP contribution in [-0.4, -0.2) is 15.6 Å². The number of hydrogen-bond donors (Lipinski definition) is 0. The van der Waals surface area contributed by atoms with E-state index in [0.29, 0.717) is 5.69 Å². The zero-order chi connectivity index (χ0) is 12.4. The number of carbonyl (C=O) groups excluding carboxylic acids is 1. The van der Waals surface area contributed by atoms with Crippen LogP contribution in [0.1, 0.15) is 0 Å². The Morgan fingerprint density at radius 3 is 2.72 bits per heavy atom. The Labute approximate surface area is 103 Å². The molecule has 0 saturated carbocycles. The van der Waals surface area contributed by atoms with Crippen molar-refractivity contribution in [1.29, 1.82) is 0 Å². The molecule has 0 saturated heterocycles. The van der Waals surface area contributed by atoms with Crippen LogP contribution in [-0.2, 0) is 4.79 Å². The summed E-state index contributed by atoms with van der Waals surface area (Å²) in [6.45, 7) is 0. The van der Waals surface area contributed by atoms with Crippen molar-refractivity contribution in [2.75, 3.05) is 0 Å². The molecule has 2 aromatic carbocycles. The molecule has 0 N–H and O–H groups in total. The summed E-state index contributed by atoms with van der Waals surface area (Å²) in [4.78, 5) is 18.5. The van der Waals surface area contributed by atoms with Crippen LogP contribution in [0.25, 0.3) is 16.7 Å². The predicted molar refractivity (Wildman–Crippen MR) is 68.9 cm³/mol. The molecule has 3 aromatic rings. The van der Waals surface area contributed by atoms with Gasteiger partial charge >= 0.3 is 0 Å². The summed E-state index contributed by atoms with van der Waals surface area (Å²) in [5.74, 6) is 0. The first-order chi connectivity index (χ1) is 8.90. The highest BCUT2D eigenvalue weighted by atomic mass is 16.1. The van der Waals surface area contributed by atoms with Crippen molar-refractivity contribution >= 4 is 22.8 Å². The fourth-order valence-electron chi connectivity index (χ4n) is 1.96. The van der Waals surface area contributed by atoms with Gasteiger partial charge in [0.2, 0.25) is 6.08 Å². The molecular formula is C14H9N3O. The van der Waals surface area contributed by atoms with E-state index in [1.807, 2.05) is 47.0 Å². The average Bonchev–Trinajstić information content (AvgIpc) is 2.84. The van der Waals surface area contributed by atoms with Crippen LogP contribution < -0.4 is 0 Å². The quantitative estimate of drug-likeness (QED) is 0.506. The molecule has 0 bridgehead atoms. The van der Waals surface area contributed by atoms with Crippen molar-refractivity contribution in [3.8, 4) is 5.69 Å². The van der Waals surface area contributed by atoms with Gasteiger partial charge < -0.3 is 0 Å². The molecule has 0 radical (unpaired) electrons. The molecule has 86 valence electrons. The molecule has 18 heavy (non-hydrogen) atoms. The lowest BCUT2D eigenvalue weighted by Crippen LogP contribution is -1.91. The van der Waals surface area contributed by atoms with E-state index in [1.165, 1.54) is 0 Å². The summed E-state index contributed by atoms with van der Waals surface area (Å²) in [6, 6.07) is 15.2. The molecule has 0 amide bonds. The topological polar surface area (TPSA) is 47.2 Å². The fourth-order valence-corrected chi connectivity index (χ4v) is 1.96. The predicted octanol–water partition coefficient (Wildman–Crippen LogP) is 2.99. The second-order valence-corrected chi connectivity index (χ2v) is 3.80. The van der Waals surface area contributed by atoms with Crippen LogP contribution in [0.4, 0.5) is 5.69 Å². The molecule has 0 aliphatic heterocycles. The first-order valence-corrected chi connectivity index (χ1v) is 5.49. The number of hydrogen-bond acceptors (Lipinski definition) is 3. The lowest BCUT2D eigenvalue weighted by atomic mass is 10.2. The van der Waals surface area contributed by atoms with E-state index < -0.39 is 0 Å². The van der Waals surface area contributed by atoms with Gasteiger partial charge in [0.05, 0.1) is 16.7 Å². The van der Waals surface area contributed by atoms with Gasteiger partial charge in [0.1, 0.15) is 12.0 Å². The smallest absolute Gasteiger partial charge is 0.240 e. The first kappa shape index (κ1) is 10.4. The lowest BCUT2D eigenvalue weighted by molar-refractivity contribution is 0.565. The van der Waals surface area contributed by atoms with Crippen LogP contribution in [0.3, 0.4) is 0 Å². The van der Waals surface area contributed by atoms with Gasteiger partial charge in [-0.15, -0.1) is 0 Å². The zero-order valence-corrected chi connectivity index (χ0v) is 9.45. The largest absolute Gasteiger partial charge is 0.297 e. The fraction of sp³-hybridized carbons (Fsp3) is 0. The zero-order valence-electron chi connectivity index (χ0n) is 9.45. The van der Waals surface area contributed by atoms with Crippen LogP contribution >= 0.6 is 0 Å². The number of rotatable bonds is 2. The molecule has 4 nitrogen and oxygen atoms in total. The van der Waals surface area contributed by atoms with Crippen LogP contribution in [0.2, 0.25) is 0 Å². The van der Waals surface area contributed by atoms with Gasteiger partial charge in [-0.1, -0.05) is 24.3 Å². The Morgan fingerprint density at radius 2 is 1.83 bits per heavy atom. The number of nitrogens with zero attached hydrogens (tertiary/aromatic N) is 3. The number of fused-ring (bicyclic) bond motifs is 1. The van der Waals surface area contributed by atoms with Gasteiger partial charge in [0.15, 0.2) is 0 Å². The van der Waals surface area contributed by atoms with Crippen LogP contribution in [0, 0.1) is 0 Å². The maximum Gasteiger partial charge on any atom is 0.240 e. The molecular weight excluding hydrogens is 226 g/mol. The molecule has 1 heterocycles. The van der Waals surface area contributed by atoms with Crippen LogP contribution in [0.5, 0.6) is 0 Å². The Morgan fingerprint density at radius 1 is 1.06 bits per heavy atom. The molecule has 0 spiro atoms. The van der Waals surface area contributed by atoms with E-state index in [0.717, 1.165) is 16.7 Å². The Balaban J connectivity index is 2.29. The van der Waals surface area contributed by atoms with Crippen molar-refractivity contribution in [2.24, 2.45) is 4.99 Å². The third kappa shape index (κ3) is 1.61. The van der Waals surface area contributed by atoms with Gasteiger partial charge in [-0.2, -0.15) is 4.99 Å². The normalized spacial score (nSPS) is 10.2. The summed E-state index contributed by atoms with van der Waals surface area (Å²) < 4.78 is 1.91. The number of para-hydroxylation sites is 4. The standard InChI is InChI=1S/C14H9N3O/c18-10-16-12-6-2-4-8-14(12)17-9-15-11-5-1-3-7-13(11)17/h1-9H. The molecule has 0 atom stereocenters. The summed E-state index contributed by atoms with van der Waals surface area (Å²) >= 11 is 0. The molecule has 3 rings (SSSR count).